The molecule has 1 aromatic heterocycles. The first-order valence-corrected chi connectivity index (χ1v) is 5.97. The summed E-state index contributed by atoms with van der Waals surface area (Å²) in [6.45, 7) is 1.97. The minimum atomic E-state index is 0.544. The molecule has 2 aromatic rings. The molecule has 5 nitrogen and oxygen atoms in total. The maximum absolute atomic E-state index is 5.74. The van der Waals surface area contributed by atoms with Crippen molar-refractivity contribution in [3.63, 3.8) is 0 Å². The van der Waals surface area contributed by atoms with Gasteiger partial charge in [-0.2, -0.15) is 0 Å². The summed E-state index contributed by atoms with van der Waals surface area (Å²) >= 11 is 0. The quantitative estimate of drug-likeness (QED) is 0.825. The maximum atomic E-state index is 5.74. The van der Waals surface area contributed by atoms with Crippen LogP contribution in [0, 0.1) is 0 Å². The Morgan fingerprint density at radius 2 is 2.06 bits per heavy atom. The van der Waals surface area contributed by atoms with E-state index in [-0.39, 0.29) is 0 Å². The Labute approximate surface area is 107 Å². The summed E-state index contributed by atoms with van der Waals surface area (Å²) in [6.07, 6.45) is 2.48. The van der Waals surface area contributed by atoms with Crippen molar-refractivity contribution >= 4 is 0 Å². The second-order valence-electron chi connectivity index (χ2n) is 4.08. The molecule has 0 aliphatic heterocycles. The van der Waals surface area contributed by atoms with Gasteiger partial charge in [-0.25, -0.2) is 0 Å². The third kappa shape index (κ3) is 2.94. The van der Waals surface area contributed by atoms with E-state index in [1.165, 1.54) is 5.56 Å². The fourth-order valence-corrected chi connectivity index (χ4v) is 1.89. The van der Waals surface area contributed by atoms with Crippen LogP contribution < -0.4 is 5.73 Å². The summed E-state index contributed by atoms with van der Waals surface area (Å²) in [6, 6.07) is 8.15. The summed E-state index contributed by atoms with van der Waals surface area (Å²) in [5.41, 5.74) is 8.09. The van der Waals surface area contributed by atoms with Gasteiger partial charge in [-0.05, 0) is 11.1 Å². The molecule has 5 heteroatoms. The highest BCUT2D eigenvalue weighted by molar-refractivity contribution is 5.29. The Morgan fingerprint density at radius 3 is 2.78 bits per heavy atom. The molecule has 0 atom stereocenters. The van der Waals surface area contributed by atoms with Gasteiger partial charge in [0, 0.05) is 26.6 Å². The van der Waals surface area contributed by atoms with Crippen LogP contribution in [-0.4, -0.2) is 28.5 Å². The topological polar surface area (TPSA) is 66.0 Å². The van der Waals surface area contributed by atoms with Gasteiger partial charge in [0.15, 0.2) is 0 Å². The van der Waals surface area contributed by atoms with Crippen molar-refractivity contribution in [1.82, 2.24) is 14.8 Å². The molecule has 0 radical (unpaired) electrons. The standard InChI is InChI=1S/C13H18N4O/c1-18-7-6-17-10-15-16-13(17)8-11-4-2-3-5-12(11)9-14/h2-5,10H,6-9,14H2,1H3. The highest BCUT2D eigenvalue weighted by Crippen LogP contribution is 2.12. The number of nitrogens with two attached hydrogens (primary N) is 1. The number of rotatable bonds is 6. The molecule has 2 rings (SSSR count). The van der Waals surface area contributed by atoms with Gasteiger partial charge >= 0.3 is 0 Å². The molecule has 0 aliphatic rings. The van der Waals surface area contributed by atoms with Gasteiger partial charge in [0.2, 0.25) is 0 Å². The van der Waals surface area contributed by atoms with Crippen LogP contribution in [0.1, 0.15) is 17.0 Å². The molecule has 18 heavy (non-hydrogen) atoms. The van der Waals surface area contributed by atoms with Gasteiger partial charge in [0.25, 0.3) is 0 Å². The predicted molar refractivity (Wildman–Crippen MR) is 69.0 cm³/mol. The van der Waals surface area contributed by atoms with Crippen molar-refractivity contribution in [2.45, 2.75) is 19.5 Å². The zero-order valence-corrected chi connectivity index (χ0v) is 10.5. The number of ether oxygens (including phenoxy) is 1. The van der Waals surface area contributed by atoms with Gasteiger partial charge < -0.3 is 15.0 Å². The van der Waals surface area contributed by atoms with Gasteiger partial charge in [0.1, 0.15) is 12.2 Å². The summed E-state index contributed by atoms with van der Waals surface area (Å²) in [5, 5.41) is 8.11. The average molecular weight is 246 g/mol. The molecule has 0 saturated carbocycles. The van der Waals surface area contributed by atoms with E-state index in [0.29, 0.717) is 13.2 Å². The van der Waals surface area contributed by atoms with Crippen molar-refractivity contribution < 1.29 is 4.74 Å². The van der Waals surface area contributed by atoms with Crippen LogP contribution in [0.4, 0.5) is 0 Å². The zero-order chi connectivity index (χ0) is 12.8. The number of methoxy groups -OCH3 is 1. The van der Waals surface area contributed by atoms with Crippen LogP contribution >= 0.6 is 0 Å². The van der Waals surface area contributed by atoms with E-state index < -0.39 is 0 Å². The summed E-state index contributed by atoms with van der Waals surface area (Å²) in [5.74, 6) is 0.938. The van der Waals surface area contributed by atoms with E-state index in [9.17, 15) is 0 Å². The lowest BCUT2D eigenvalue weighted by Crippen LogP contribution is -2.09. The van der Waals surface area contributed by atoms with Crippen molar-refractivity contribution in [3.05, 3.63) is 47.5 Å². The molecule has 0 spiro atoms. The molecule has 0 amide bonds. The van der Waals surface area contributed by atoms with Crippen LogP contribution in [0.15, 0.2) is 30.6 Å². The Bertz CT molecular complexity index is 495. The van der Waals surface area contributed by atoms with E-state index in [2.05, 4.69) is 16.3 Å². The fourth-order valence-electron chi connectivity index (χ4n) is 1.89. The minimum Gasteiger partial charge on any atom is -0.383 e. The van der Waals surface area contributed by atoms with E-state index in [1.807, 2.05) is 22.8 Å². The summed E-state index contributed by atoms with van der Waals surface area (Å²) in [7, 11) is 1.69. The molecule has 0 bridgehead atoms. The molecular formula is C13H18N4O. The van der Waals surface area contributed by atoms with Gasteiger partial charge in [-0.3, -0.25) is 0 Å². The zero-order valence-electron chi connectivity index (χ0n) is 10.5. The summed E-state index contributed by atoms with van der Waals surface area (Å²) < 4.78 is 7.08. The van der Waals surface area contributed by atoms with E-state index >= 15 is 0 Å². The van der Waals surface area contributed by atoms with Crippen LogP contribution in [0.25, 0.3) is 0 Å². The molecule has 0 fully saturated rings. The molecule has 0 aliphatic carbocycles. The Hall–Kier alpha value is -1.72. The maximum Gasteiger partial charge on any atom is 0.137 e. The van der Waals surface area contributed by atoms with Gasteiger partial charge in [-0.1, -0.05) is 24.3 Å². The highest BCUT2D eigenvalue weighted by Gasteiger charge is 2.07. The van der Waals surface area contributed by atoms with Crippen molar-refractivity contribution in [2.24, 2.45) is 5.73 Å². The fraction of sp³-hybridized carbons (Fsp3) is 0.385. The van der Waals surface area contributed by atoms with E-state index in [0.717, 1.165) is 24.4 Å². The molecule has 2 N–H and O–H groups in total. The predicted octanol–water partition coefficient (Wildman–Crippen LogP) is 0.974. The first-order chi connectivity index (χ1) is 8.85. The lowest BCUT2D eigenvalue weighted by molar-refractivity contribution is 0.186. The van der Waals surface area contributed by atoms with Gasteiger partial charge in [-0.15, -0.1) is 10.2 Å². The number of aromatic nitrogens is 3. The average Bonchev–Trinajstić information content (AvgIpc) is 2.84. The van der Waals surface area contributed by atoms with Crippen molar-refractivity contribution in [2.75, 3.05) is 13.7 Å². The lowest BCUT2D eigenvalue weighted by atomic mass is 10.0. The SMILES string of the molecule is COCCn1cnnc1Cc1ccccc1CN. The molecular weight excluding hydrogens is 228 g/mol. The third-order valence-corrected chi connectivity index (χ3v) is 2.92. The smallest absolute Gasteiger partial charge is 0.137 e. The number of nitrogens with zero attached hydrogens (tertiary/aromatic N) is 3. The number of hydrogen-bond donors (Lipinski definition) is 1. The second-order valence-corrected chi connectivity index (χ2v) is 4.08. The van der Waals surface area contributed by atoms with Gasteiger partial charge in [0.05, 0.1) is 6.61 Å². The molecule has 1 heterocycles. The Balaban J connectivity index is 2.15. The Morgan fingerprint density at radius 1 is 1.28 bits per heavy atom. The van der Waals surface area contributed by atoms with Crippen LogP contribution in [0.3, 0.4) is 0 Å². The molecule has 0 unspecified atom stereocenters. The number of benzene rings is 1. The molecule has 1 aromatic carbocycles. The first-order valence-electron chi connectivity index (χ1n) is 5.97. The molecule has 96 valence electrons. The molecule has 0 saturated heterocycles. The van der Waals surface area contributed by atoms with Crippen molar-refractivity contribution in [3.8, 4) is 0 Å². The second kappa shape index (κ2) is 6.28. The Kier molecular flexibility index (Phi) is 4.44. The van der Waals surface area contributed by atoms with Crippen LogP contribution in [0.5, 0.6) is 0 Å². The highest BCUT2D eigenvalue weighted by atomic mass is 16.5. The largest absolute Gasteiger partial charge is 0.383 e. The monoisotopic (exact) mass is 246 g/mol. The minimum absolute atomic E-state index is 0.544. The summed E-state index contributed by atoms with van der Waals surface area (Å²) in [4.78, 5) is 0. The van der Waals surface area contributed by atoms with E-state index in [1.54, 1.807) is 13.4 Å². The third-order valence-electron chi connectivity index (χ3n) is 2.92. The van der Waals surface area contributed by atoms with Crippen molar-refractivity contribution in [1.29, 1.82) is 0 Å². The lowest BCUT2D eigenvalue weighted by Gasteiger charge is -2.09. The van der Waals surface area contributed by atoms with Crippen LogP contribution in [-0.2, 0) is 24.2 Å². The van der Waals surface area contributed by atoms with Crippen LogP contribution in [0.2, 0.25) is 0 Å². The number of hydrogen-bond acceptors (Lipinski definition) is 4. The normalized spacial score (nSPS) is 10.8. The first kappa shape index (κ1) is 12.7. The van der Waals surface area contributed by atoms with E-state index in [4.69, 9.17) is 10.5 Å².